The van der Waals surface area contributed by atoms with Crippen LogP contribution in [0.15, 0.2) is 66.7 Å². The molecule has 2 N–H and O–H groups in total. The lowest BCUT2D eigenvalue weighted by molar-refractivity contribution is -0.130. The van der Waals surface area contributed by atoms with Crippen LogP contribution in [-0.2, 0) is 4.79 Å². The average molecular weight is 524 g/mol. The van der Waals surface area contributed by atoms with Gasteiger partial charge in [-0.15, -0.1) is 0 Å². The van der Waals surface area contributed by atoms with Gasteiger partial charge in [-0.2, -0.15) is 0 Å². The van der Waals surface area contributed by atoms with E-state index < -0.39 is 17.7 Å². The van der Waals surface area contributed by atoms with E-state index in [4.69, 9.17) is 38.0 Å². The Hall–Kier alpha value is -3.49. The van der Waals surface area contributed by atoms with Gasteiger partial charge in [-0.1, -0.05) is 29.8 Å². The molecule has 7 nitrogen and oxygen atoms in total. The zero-order valence-corrected chi connectivity index (χ0v) is 21.7. The molecule has 3 aromatic carbocycles. The molecule has 3 aromatic rings. The molecule has 36 heavy (non-hydrogen) atoms. The van der Waals surface area contributed by atoms with Gasteiger partial charge < -0.3 is 24.8 Å². The number of ether oxygens (including phenoxy) is 3. The number of carbonyl (C=O) groups is 1. The Balaban J connectivity index is 1.62. The summed E-state index contributed by atoms with van der Waals surface area (Å²) in [6.45, 7) is 4.27. The van der Waals surface area contributed by atoms with Crippen LogP contribution in [0.1, 0.15) is 25.5 Å². The van der Waals surface area contributed by atoms with Crippen LogP contribution in [-0.4, -0.2) is 30.5 Å². The van der Waals surface area contributed by atoms with Crippen molar-refractivity contribution in [1.29, 1.82) is 0 Å². The molecule has 2 heterocycles. The van der Waals surface area contributed by atoms with Gasteiger partial charge in [-0.25, -0.2) is 0 Å². The summed E-state index contributed by atoms with van der Waals surface area (Å²) in [5.74, 6) is 0.995. The lowest BCUT2D eigenvalue weighted by Gasteiger charge is -2.56. The predicted molar refractivity (Wildman–Crippen MR) is 144 cm³/mol. The maximum absolute atomic E-state index is 13.9. The summed E-state index contributed by atoms with van der Waals surface area (Å²) in [5.41, 5.74) is 0.976. The molecule has 2 aliphatic rings. The molecular formula is C27H26ClN3O4S. The van der Waals surface area contributed by atoms with Crippen molar-refractivity contribution in [2.24, 2.45) is 5.92 Å². The topological polar surface area (TPSA) is 72.1 Å². The van der Waals surface area contributed by atoms with Crippen molar-refractivity contribution >= 4 is 46.2 Å². The maximum Gasteiger partial charge on any atom is 0.236 e. The molecular weight excluding hydrogens is 498 g/mol. The first kappa shape index (κ1) is 24.2. The van der Waals surface area contributed by atoms with Crippen LogP contribution in [0.2, 0.25) is 5.02 Å². The second-order valence-electron chi connectivity index (χ2n) is 8.70. The van der Waals surface area contributed by atoms with E-state index in [-0.39, 0.29) is 5.91 Å². The molecule has 2 aliphatic heterocycles. The smallest absolute Gasteiger partial charge is 0.236 e. The van der Waals surface area contributed by atoms with E-state index in [1.165, 1.54) is 0 Å². The van der Waals surface area contributed by atoms with Crippen LogP contribution < -0.4 is 29.7 Å². The van der Waals surface area contributed by atoms with Crippen molar-refractivity contribution in [2.75, 3.05) is 23.9 Å². The van der Waals surface area contributed by atoms with Crippen LogP contribution in [0.3, 0.4) is 0 Å². The SMILES string of the molecule is CCOc1cccc2c1O[C@@]1(C)[C@H](C(=O)Nc3ccc(OC)cc3)[C@H]2NC(=S)N1c1cccc(Cl)c1. The van der Waals surface area contributed by atoms with E-state index >= 15 is 0 Å². The van der Waals surface area contributed by atoms with Gasteiger partial charge in [0.15, 0.2) is 22.3 Å². The minimum absolute atomic E-state index is 0.220. The minimum Gasteiger partial charge on any atom is -0.497 e. The molecule has 0 saturated carbocycles. The summed E-state index contributed by atoms with van der Waals surface area (Å²) < 4.78 is 17.8. The summed E-state index contributed by atoms with van der Waals surface area (Å²) in [6.07, 6.45) is 0. The first-order valence-corrected chi connectivity index (χ1v) is 12.4. The van der Waals surface area contributed by atoms with Crippen molar-refractivity contribution in [2.45, 2.75) is 25.6 Å². The van der Waals surface area contributed by atoms with E-state index in [0.29, 0.717) is 45.4 Å². The van der Waals surface area contributed by atoms with E-state index in [9.17, 15) is 4.79 Å². The Kier molecular flexibility index (Phi) is 6.40. The third-order valence-corrected chi connectivity index (χ3v) is 7.03. The number of methoxy groups -OCH3 is 1. The van der Waals surface area contributed by atoms with E-state index in [1.54, 1.807) is 43.5 Å². The first-order valence-electron chi connectivity index (χ1n) is 11.6. The molecule has 0 spiro atoms. The average Bonchev–Trinajstić information content (AvgIpc) is 2.84. The van der Waals surface area contributed by atoms with Gasteiger partial charge in [-0.05, 0) is 74.6 Å². The molecule has 1 saturated heterocycles. The van der Waals surface area contributed by atoms with Crippen LogP contribution in [0.5, 0.6) is 17.2 Å². The Morgan fingerprint density at radius 1 is 1.19 bits per heavy atom. The monoisotopic (exact) mass is 523 g/mol. The highest BCUT2D eigenvalue weighted by molar-refractivity contribution is 7.80. The number of fused-ring (bicyclic) bond motifs is 4. The van der Waals surface area contributed by atoms with Crippen LogP contribution in [0.25, 0.3) is 0 Å². The summed E-state index contributed by atoms with van der Waals surface area (Å²) in [5, 5.41) is 7.43. The molecule has 1 fully saturated rings. The summed E-state index contributed by atoms with van der Waals surface area (Å²) in [4.78, 5) is 15.7. The second-order valence-corrected chi connectivity index (χ2v) is 9.53. The number of hydrogen-bond donors (Lipinski definition) is 2. The Bertz CT molecular complexity index is 1320. The number of amides is 1. The maximum atomic E-state index is 13.9. The number of hydrogen-bond acceptors (Lipinski definition) is 5. The third-order valence-electron chi connectivity index (χ3n) is 6.50. The minimum atomic E-state index is -1.19. The van der Waals surface area contributed by atoms with Gasteiger partial charge in [0.05, 0.1) is 19.8 Å². The fourth-order valence-corrected chi connectivity index (χ4v) is 5.54. The molecule has 3 atom stereocenters. The van der Waals surface area contributed by atoms with Crippen molar-refractivity contribution in [3.8, 4) is 17.2 Å². The van der Waals surface area contributed by atoms with E-state index in [1.807, 2.05) is 49.1 Å². The van der Waals surface area contributed by atoms with Crippen LogP contribution in [0, 0.1) is 5.92 Å². The largest absolute Gasteiger partial charge is 0.497 e. The Labute approximate surface area is 220 Å². The first-order chi connectivity index (χ1) is 17.4. The zero-order chi connectivity index (χ0) is 25.4. The summed E-state index contributed by atoms with van der Waals surface area (Å²) >= 11 is 12.1. The number of nitrogens with one attached hydrogen (secondary N) is 2. The number of para-hydroxylation sites is 1. The quantitative estimate of drug-likeness (QED) is 0.411. The molecule has 0 aliphatic carbocycles. The lowest BCUT2D eigenvalue weighted by Crippen LogP contribution is -2.72. The number of benzene rings is 3. The molecule has 2 bridgehead atoms. The Morgan fingerprint density at radius 2 is 1.94 bits per heavy atom. The molecule has 9 heteroatoms. The molecule has 0 radical (unpaired) electrons. The number of thiocarbonyl (C=S) groups is 1. The summed E-state index contributed by atoms with van der Waals surface area (Å²) in [6, 6.07) is 19.7. The number of nitrogens with zero attached hydrogens (tertiary/aromatic N) is 1. The van der Waals surface area contributed by atoms with Crippen LogP contribution >= 0.6 is 23.8 Å². The van der Waals surface area contributed by atoms with Gasteiger partial charge in [0.2, 0.25) is 5.91 Å². The number of carbonyl (C=O) groups excluding carboxylic acids is 1. The van der Waals surface area contributed by atoms with Gasteiger partial charge in [-0.3, -0.25) is 9.69 Å². The van der Waals surface area contributed by atoms with Crippen LogP contribution in [0.4, 0.5) is 11.4 Å². The van der Waals surface area contributed by atoms with Crippen molar-refractivity contribution in [1.82, 2.24) is 5.32 Å². The van der Waals surface area contributed by atoms with Gasteiger partial charge >= 0.3 is 0 Å². The molecule has 0 aromatic heterocycles. The highest BCUT2D eigenvalue weighted by Gasteiger charge is 2.59. The van der Waals surface area contributed by atoms with E-state index in [0.717, 1.165) is 5.56 Å². The third kappa shape index (κ3) is 4.10. The normalized spacial score (nSPS) is 22.1. The van der Waals surface area contributed by atoms with Crippen molar-refractivity contribution in [3.63, 3.8) is 0 Å². The predicted octanol–water partition coefficient (Wildman–Crippen LogP) is 5.55. The second kappa shape index (κ2) is 9.52. The fourth-order valence-electron chi connectivity index (χ4n) is 4.94. The number of halogens is 1. The van der Waals surface area contributed by atoms with Gasteiger partial charge in [0.25, 0.3) is 0 Å². The van der Waals surface area contributed by atoms with Gasteiger partial charge in [0.1, 0.15) is 11.7 Å². The van der Waals surface area contributed by atoms with Crippen molar-refractivity contribution in [3.05, 3.63) is 77.3 Å². The molecule has 186 valence electrons. The summed E-state index contributed by atoms with van der Waals surface area (Å²) in [7, 11) is 1.60. The highest BCUT2D eigenvalue weighted by Crippen LogP contribution is 2.52. The van der Waals surface area contributed by atoms with E-state index in [2.05, 4.69) is 10.6 Å². The van der Waals surface area contributed by atoms with Crippen molar-refractivity contribution < 1.29 is 19.0 Å². The van der Waals surface area contributed by atoms with Gasteiger partial charge in [0, 0.05) is 22.0 Å². The Morgan fingerprint density at radius 3 is 2.64 bits per heavy atom. The molecule has 5 rings (SSSR count). The highest BCUT2D eigenvalue weighted by atomic mass is 35.5. The number of rotatable bonds is 6. The lowest BCUT2D eigenvalue weighted by atomic mass is 9.78. The standard InChI is InChI=1S/C27H26ClN3O4S/c1-4-34-21-10-6-9-20-23-22(25(32)29-17-11-13-19(33-3)14-12-17)27(2,35-24(20)21)31(26(36)30-23)18-8-5-7-16(28)15-18/h5-15,22-23H,4H2,1-3H3,(H,29,32)(H,30,36)/t22-,23-,27-/m0/s1. The molecule has 0 unspecified atom stereocenters. The molecule has 1 amide bonds. The number of anilines is 2. The fraction of sp³-hybridized carbons (Fsp3) is 0.259. The zero-order valence-electron chi connectivity index (χ0n) is 20.1.